The van der Waals surface area contributed by atoms with Gasteiger partial charge in [0, 0.05) is 18.6 Å². The molecule has 564 valence electrons. The van der Waals surface area contributed by atoms with Crippen LogP contribution >= 0.6 is 0 Å². The third-order valence-corrected chi connectivity index (χ3v) is 17.8. The number of hydrogen-bond acceptors (Lipinski definition) is 15. The molecule has 0 atom stereocenters. The first-order valence-electron chi connectivity index (χ1n) is 39.4. The fourth-order valence-electron chi connectivity index (χ4n) is 11.5. The summed E-state index contributed by atoms with van der Waals surface area (Å²) in [6.07, 6.45) is 36.4. The Labute approximate surface area is 626 Å². The Morgan fingerprint density at radius 3 is 0.629 bits per heavy atom. The molecule has 0 aliphatic carbocycles. The zero-order chi connectivity index (χ0) is 73.7. The number of carbonyl (C=O) groups is 3. The van der Waals surface area contributed by atoms with Gasteiger partial charge in [0.05, 0.1) is 93.2 Å². The van der Waals surface area contributed by atoms with Gasteiger partial charge in [0.1, 0.15) is 34.5 Å². The Morgan fingerprint density at radius 2 is 0.419 bits per heavy atom. The van der Waals surface area contributed by atoms with Crippen molar-refractivity contribution in [2.75, 3.05) is 59.5 Å². The molecule has 0 radical (unpaired) electrons. The predicted octanol–water partition coefficient (Wildman–Crippen LogP) is 23.5. The second-order valence-electron chi connectivity index (χ2n) is 26.8. The van der Waals surface area contributed by atoms with E-state index in [9.17, 15) is 14.4 Å². The molecule has 15 nitrogen and oxygen atoms in total. The van der Waals surface area contributed by atoms with Crippen molar-refractivity contribution in [1.82, 2.24) is 0 Å². The summed E-state index contributed by atoms with van der Waals surface area (Å²) in [5.41, 5.74) is 5.89. The van der Waals surface area contributed by atoms with Crippen LogP contribution in [0.15, 0.2) is 179 Å². The van der Waals surface area contributed by atoms with Gasteiger partial charge in [0.15, 0.2) is 0 Å². The molecule has 7 rings (SSSR count). The first-order chi connectivity index (χ1) is 51.7. The number of benzene rings is 7. The van der Waals surface area contributed by atoms with Crippen molar-refractivity contribution in [2.45, 2.75) is 213 Å². The molecule has 0 unspecified atom stereocenters. The fraction of sp³-hybridized carbons (Fsp3) is 0.467. The summed E-state index contributed by atoms with van der Waals surface area (Å²) in [6, 6.07) is 51.8. The zero-order valence-electron chi connectivity index (χ0n) is 63.1. The maximum absolute atomic E-state index is 13.5. The van der Waals surface area contributed by atoms with Crippen LogP contribution in [0.2, 0.25) is 0 Å². The summed E-state index contributed by atoms with van der Waals surface area (Å²) in [7, 11) is 0. The number of nitrogens with zero attached hydrogens (tertiary/aromatic N) is 3. The first kappa shape index (κ1) is 83.0. The van der Waals surface area contributed by atoms with E-state index in [0.717, 1.165) is 204 Å². The van der Waals surface area contributed by atoms with Gasteiger partial charge in [-0.15, -0.1) is 0 Å². The van der Waals surface area contributed by atoms with Crippen molar-refractivity contribution in [3.05, 3.63) is 197 Å². The molecule has 0 heterocycles. The molecular weight excluding hydrogens is 1310 g/mol. The van der Waals surface area contributed by atoms with E-state index >= 15 is 0 Å². The summed E-state index contributed by atoms with van der Waals surface area (Å²) < 4.78 is 52.8. The van der Waals surface area contributed by atoms with Crippen molar-refractivity contribution >= 4 is 53.6 Å². The Kier molecular flexibility index (Phi) is 41.7. The SMILES string of the molecule is CCCCCCOc1ccc(C=Nc2ccc(OCCCCCCCCOC(=O)c3cc(C(=O)OCCCCCCCCOc4ccc(N=Cc5ccc(OCCCCCC)cc5)cc4)cc(C(=O)OCCCCCCCCOc4ccc(N=Cc5ccc(OCCCCCC)cc5)cc4)c3)cc2)cc1. The van der Waals surface area contributed by atoms with Gasteiger partial charge < -0.3 is 42.6 Å². The van der Waals surface area contributed by atoms with Crippen LogP contribution in [-0.2, 0) is 14.2 Å². The van der Waals surface area contributed by atoms with Gasteiger partial charge in [-0.05, 0) is 238 Å². The summed E-state index contributed by atoms with van der Waals surface area (Å²) in [4.78, 5) is 54.5. The van der Waals surface area contributed by atoms with Crippen LogP contribution in [0.4, 0.5) is 17.1 Å². The fourth-order valence-corrected chi connectivity index (χ4v) is 11.5. The maximum Gasteiger partial charge on any atom is 0.338 e. The molecule has 0 aliphatic heterocycles. The normalized spacial score (nSPS) is 11.3. The Morgan fingerprint density at radius 1 is 0.238 bits per heavy atom. The number of hydrogen-bond donors (Lipinski definition) is 0. The third kappa shape index (κ3) is 36.4. The lowest BCUT2D eigenvalue weighted by molar-refractivity contribution is 0.0494. The highest BCUT2D eigenvalue weighted by Crippen LogP contribution is 2.25. The molecule has 0 saturated carbocycles. The van der Waals surface area contributed by atoms with Gasteiger partial charge in [0.25, 0.3) is 0 Å². The summed E-state index contributed by atoms with van der Waals surface area (Å²) in [5, 5.41) is 0. The maximum atomic E-state index is 13.5. The predicted molar refractivity (Wildman–Crippen MR) is 426 cm³/mol. The number of rotatable bonds is 57. The van der Waals surface area contributed by atoms with E-state index in [4.69, 9.17) is 42.6 Å². The van der Waals surface area contributed by atoms with Crippen molar-refractivity contribution in [2.24, 2.45) is 15.0 Å². The lowest BCUT2D eigenvalue weighted by Crippen LogP contribution is -2.14. The molecule has 0 aromatic heterocycles. The topological polar surface area (TPSA) is 171 Å². The summed E-state index contributed by atoms with van der Waals surface area (Å²) in [5.74, 6) is 3.26. The molecule has 15 heteroatoms. The van der Waals surface area contributed by atoms with Crippen LogP contribution in [-0.4, -0.2) is 96.0 Å². The van der Waals surface area contributed by atoms with Crippen LogP contribution in [0.3, 0.4) is 0 Å². The van der Waals surface area contributed by atoms with Crippen molar-refractivity contribution in [3.63, 3.8) is 0 Å². The average Bonchev–Trinajstić information content (AvgIpc) is 0.829. The monoisotopic (exact) mass is 1430 g/mol. The molecule has 0 aliphatic rings. The highest BCUT2D eigenvalue weighted by Gasteiger charge is 2.20. The molecule has 0 fully saturated rings. The van der Waals surface area contributed by atoms with E-state index in [-0.39, 0.29) is 36.5 Å². The molecule has 0 saturated heterocycles. The zero-order valence-corrected chi connectivity index (χ0v) is 63.1. The quantitative estimate of drug-likeness (QED) is 0.0153. The van der Waals surface area contributed by atoms with Crippen LogP contribution in [0.5, 0.6) is 34.5 Å². The van der Waals surface area contributed by atoms with Crippen LogP contribution < -0.4 is 28.4 Å². The molecule has 0 amide bonds. The number of ether oxygens (including phenoxy) is 9. The highest BCUT2D eigenvalue weighted by molar-refractivity contribution is 6.00. The molecule has 0 N–H and O–H groups in total. The van der Waals surface area contributed by atoms with Crippen LogP contribution in [0.1, 0.15) is 261 Å². The summed E-state index contributed by atoms with van der Waals surface area (Å²) >= 11 is 0. The van der Waals surface area contributed by atoms with E-state index in [0.29, 0.717) is 39.1 Å². The van der Waals surface area contributed by atoms with Gasteiger partial charge >= 0.3 is 17.9 Å². The highest BCUT2D eigenvalue weighted by atomic mass is 16.5. The van der Waals surface area contributed by atoms with E-state index < -0.39 is 17.9 Å². The molecule has 105 heavy (non-hydrogen) atoms. The minimum Gasteiger partial charge on any atom is -0.494 e. The Bertz CT molecular complexity index is 3170. The molecule has 7 aromatic rings. The second kappa shape index (κ2) is 52.7. The number of esters is 3. The molecule has 7 aromatic carbocycles. The van der Waals surface area contributed by atoms with E-state index in [1.807, 2.05) is 164 Å². The lowest BCUT2D eigenvalue weighted by Gasteiger charge is -2.11. The number of carbonyl (C=O) groups excluding carboxylic acids is 3. The minimum absolute atomic E-state index is 0.100. The van der Waals surface area contributed by atoms with Crippen LogP contribution in [0.25, 0.3) is 0 Å². The van der Waals surface area contributed by atoms with Crippen molar-refractivity contribution < 1.29 is 57.0 Å². The van der Waals surface area contributed by atoms with E-state index in [1.54, 1.807) is 0 Å². The van der Waals surface area contributed by atoms with Crippen molar-refractivity contribution in [1.29, 1.82) is 0 Å². The largest absolute Gasteiger partial charge is 0.494 e. The molecule has 0 spiro atoms. The summed E-state index contributed by atoms with van der Waals surface area (Å²) in [6.45, 7) is 11.4. The average molecular weight is 1430 g/mol. The van der Waals surface area contributed by atoms with Crippen molar-refractivity contribution in [3.8, 4) is 34.5 Å². The lowest BCUT2D eigenvalue weighted by atomic mass is 10.1. The van der Waals surface area contributed by atoms with E-state index in [1.165, 1.54) is 76.0 Å². The van der Waals surface area contributed by atoms with Gasteiger partial charge in [-0.25, -0.2) is 14.4 Å². The Balaban J connectivity index is 0.763. The molecule has 0 bridgehead atoms. The molecular formula is C90H117N3O12. The Hall–Kier alpha value is -9.24. The number of unbranched alkanes of at least 4 members (excludes halogenated alkanes) is 24. The van der Waals surface area contributed by atoms with Gasteiger partial charge in [-0.2, -0.15) is 0 Å². The first-order valence-corrected chi connectivity index (χ1v) is 39.4. The van der Waals surface area contributed by atoms with Gasteiger partial charge in [0.2, 0.25) is 0 Å². The smallest absolute Gasteiger partial charge is 0.338 e. The van der Waals surface area contributed by atoms with Gasteiger partial charge in [-0.3, -0.25) is 15.0 Å². The van der Waals surface area contributed by atoms with E-state index in [2.05, 4.69) is 35.7 Å². The van der Waals surface area contributed by atoms with Crippen LogP contribution in [0, 0.1) is 0 Å². The minimum atomic E-state index is -0.610. The standard InChI is InChI=1S/C90H117N3O12/c1-4-7-10-25-58-97-82-46-34-73(35-47-82)70-91-79-40-52-85(53-41-79)100-61-28-19-13-16-22-31-64-103-88(94)76-67-77(89(95)104-65-32-23-17-14-20-29-62-101-86-54-42-80(43-55-86)92-71-74-36-48-83(49-37-74)98-59-26-11-8-5-2)69-78(68-76)90(96)105-66-33-24-18-15-21-30-63-102-87-56-44-81(45-57-87)93-72-75-38-50-84(51-39-75)99-60-27-12-9-6-3/h34-57,67-72H,4-33,58-66H2,1-3H3. The number of aliphatic imine (C=N–C) groups is 3. The second-order valence-corrected chi connectivity index (χ2v) is 26.8. The third-order valence-electron chi connectivity index (χ3n) is 17.8. The van der Waals surface area contributed by atoms with Gasteiger partial charge in [-0.1, -0.05) is 156 Å².